The van der Waals surface area contributed by atoms with Gasteiger partial charge in [-0.15, -0.1) is 0 Å². The van der Waals surface area contributed by atoms with Crippen LogP contribution in [0.5, 0.6) is 0 Å². The van der Waals surface area contributed by atoms with Crippen molar-refractivity contribution in [2.75, 3.05) is 0 Å². The third kappa shape index (κ3) is 6.39. The van der Waals surface area contributed by atoms with Crippen molar-refractivity contribution in [3.05, 3.63) is 198 Å². The molecule has 2 heterocycles. The molecule has 0 fully saturated rings. The second-order valence-electron chi connectivity index (χ2n) is 13.6. The average molecular weight is 729 g/mol. The zero-order valence-electron chi connectivity index (χ0n) is 29.5. The summed E-state index contributed by atoms with van der Waals surface area (Å²) in [5.41, 5.74) is 3.67. The molecule has 0 radical (unpaired) electrons. The first-order valence-electron chi connectivity index (χ1n) is 17.6. The lowest BCUT2D eigenvalue weighted by atomic mass is 9.81. The van der Waals surface area contributed by atoms with Crippen LogP contribution in [0.3, 0.4) is 0 Å². The van der Waals surface area contributed by atoms with Gasteiger partial charge in [0.15, 0.2) is 0 Å². The SMILES string of the molecule is CC12CC=C(c3ccc([N+](=O)[O-])c(-c4nc5ccccc5n(Cc5ccccc5)c4=O)c3)C=C1N=C(c1ccc([N+](=O)[O-])cc1)C(=O)N2Cc1ccccc1. The average Bonchev–Trinajstić information content (AvgIpc) is 3.20. The number of carbonyl (C=O) groups is 1. The number of amides is 1. The summed E-state index contributed by atoms with van der Waals surface area (Å²) in [4.78, 5) is 62.7. The zero-order chi connectivity index (χ0) is 38.3. The van der Waals surface area contributed by atoms with E-state index < -0.39 is 20.9 Å². The van der Waals surface area contributed by atoms with Gasteiger partial charge in [-0.2, -0.15) is 0 Å². The van der Waals surface area contributed by atoms with E-state index >= 15 is 0 Å². The highest BCUT2D eigenvalue weighted by Crippen LogP contribution is 2.42. The van der Waals surface area contributed by atoms with Crippen LogP contribution in [0.15, 0.2) is 155 Å². The minimum Gasteiger partial charge on any atom is -0.322 e. The summed E-state index contributed by atoms with van der Waals surface area (Å²) in [6.45, 7) is 2.47. The summed E-state index contributed by atoms with van der Waals surface area (Å²) in [7, 11) is 0. The maximum Gasteiger partial charge on any atom is 0.279 e. The van der Waals surface area contributed by atoms with Gasteiger partial charge in [0.1, 0.15) is 11.4 Å². The molecule has 270 valence electrons. The number of nitrogens with zero attached hydrogens (tertiary/aromatic N) is 6. The summed E-state index contributed by atoms with van der Waals surface area (Å²) in [6.07, 6.45) is 4.19. The van der Waals surface area contributed by atoms with Crippen molar-refractivity contribution in [3.63, 3.8) is 0 Å². The van der Waals surface area contributed by atoms with Crippen molar-refractivity contribution in [1.82, 2.24) is 14.5 Å². The summed E-state index contributed by atoms with van der Waals surface area (Å²) >= 11 is 0. The Balaban J connectivity index is 1.25. The fourth-order valence-electron chi connectivity index (χ4n) is 7.19. The first-order chi connectivity index (χ1) is 26.6. The topological polar surface area (TPSA) is 154 Å². The molecule has 55 heavy (non-hydrogen) atoms. The molecule has 0 N–H and O–H groups in total. The second-order valence-corrected chi connectivity index (χ2v) is 13.6. The first kappa shape index (κ1) is 34.7. The zero-order valence-corrected chi connectivity index (χ0v) is 29.5. The van der Waals surface area contributed by atoms with Crippen molar-refractivity contribution < 1.29 is 14.6 Å². The number of para-hydroxylation sites is 2. The second kappa shape index (κ2) is 13.9. The summed E-state index contributed by atoms with van der Waals surface area (Å²) in [6, 6.07) is 36.6. The van der Waals surface area contributed by atoms with Crippen molar-refractivity contribution >= 4 is 39.6 Å². The van der Waals surface area contributed by atoms with Crippen LogP contribution in [0.2, 0.25) is 0 Å². The fourth-order valence-corrected chi connectivity index (χ4v) is 7.19. The van der Waals surface area contributed by atoms with Gasteiger partial charge in [-0.05, 0) is 78.1 Å². The molecule has 12 nitrogen and oxygen atoms in total. The molecule has 5 aromatic carbocycles. The molecule has 0 spiro atoms. The number of non-ortho nitro benzene ring substituents is 1. The number of hydrogen-bond acceptors (Lipinski definition) is 8. The van der Waals surface area contributed by atoms with E-state index in [0.717, 1.165) is 11.1 Å². The molecule has 8 rings (SSSR count). The molecule has 1 amide bonds. The van der Waals surface area contributed by atoms with E-state index in [0.29, 0.717) is 39.9 Å². The summed E-state index contributed by atoms with van der Waals surface area (Å²) in [5.74, 6) is -0.319. The molecule has 0 saturated carbocycles. The van der Waals surface area contributed by atoms with Gasteiger partial charge in [-0.1, -0.05) is 78.9 Å². The molecule has 1 aliphatic heterocycles. The maximum absolute atomic E-state index is 14.3. The number of hydrogen-bond donors (Lipinski definition) is 0. The van der Waals surface area contributed by atoms with Crippen LogP contribution >= 0.6 is 0 Å². The smallest absolute Gasteiger partial charge is 0.279 e. The van der Waals surface area contributed by atoms with E-state index in [2.05, 4.69) is 0 Å². The van der Waals surface area contributed by atoms with Gasteiger partial charge in [-0.3, -0.25) is 29.8 Å². The number of aliphatic imine (C=N–C) groups is 1. The third-order valence-electron chi connectivity index (χ3n) is 10.2. The number of carbonyl (C=O) groups excluding carboxylic acids is 1. The fraction of sp³-hybridized carbons (Fsp3) is 0.116. The molecule has 0 bridgehead atoms. The molecule has 1 atom stereocenters. The highest BCUT2D eigenvalue weighted by Gasteiger charge is 2.45. The lowest BCUT2D eigenvalue weighted by Crippen LogP contribution is -2.56. The molecule has 1 aliphatic carbocycles. The van der Waals surface area contributed by atoms with Gasteiger partial charge in [0, 0.05) is 30.3 Å². The third-order valence-corrected chi connectivity index (χ3v) is 10.2. The number of nitro benzene ring substituents is 2. The van der Waals surface area contributed by atoms with E-state index in [9.17, 15) is 29.8 Å². The van der Waals surface area contributed by atoms with Crippen molar-refractivity contribution in [2.45, 2.75) is 32.0 Å². The molecule has 1 aromatic heterocycles. The van der Waals surface area contributed by atoms with Crippen LogP contribution < -0.4 is 5.56 Å². The Morgan fingerprint density at radius 3 is 2.05 bits per heavy atom. The van der Waals surface area contributed by atoms with E-state index in [1.165, 1.54) is 30.3 Å². The normalized spacial score (nSPS) is 16.6. The maximum atomic E-state index is 14.3. The molecule has 2 aliphatic rings. The van der Waals surface area contributed by atoms with Gasteiger partial charge in [0.25, 0.3) is 22.8 Å². The lowest BCUT2D eigenvalue weighted by Gasteiger charge is -2.46. The van der Waals surface area contributed by atoms with E-state index in [-0.39, 0.29) is 47.3 Å². The van der Waals surface area contributed by atoms with Crippen LogP contribution in [0, 0.1) is 20.2 Å². The summed E-state index contributed by atoms with van der Waals surface area (Å²) in [5, 5.41) is 23.8. The lowest BCUT2D eigenvalue weighted by molar-refractivity contribution is -0.384. The van der Waals surface area contributed by atoms with E-state index in [1.54, 1.807) is 39.8 Å². The number of fused-ring (bicyclic) bond motifs is 2. The molecule has 6 aromatic rings. The van der Waals surface area contributed by atoms with Crippen molar-refractivity contribution in [3.8, 4) is 11.3 Å². The summed E-state index contributed by atoms with van der Waals surface area (Å²) < 4.78 is 1.59. The van der Waals surface area contributed by atoms with Gasteiger partial charge in [0.2, 0.25) is 0 Å². The number of rotatable bonds is 9. The molecule has 0 saturated heterocycles. The van der Waals surface area contributed by atoms with Gasteiger partial charge >= 0.3 is 0 Å². The van der Waals surface area contributed by atoms with Crippen LogP contribution in [-0.4, -0.2) is 41.5 Å². The number of benzene rings is 5. The minimum atomic E-state index is -0.866. The van der Waals surface area contributed by atoms with Crippen LogP contribution in [0.1, 0.15) is 35.6 Å². The Kier molecular flexibility index (Phi) is 8.78. The highest BCUT2D eigenvalue weighted by atomic mass is 16.6. The number of aromatic nitrogens is 2. The highest BCUT2D eigenvalue weighted by molar-refractivity contribution is 6.46. The predicted octanol–water partition coefficient (Wildman–Crippen LogP) is 7.89. The number of allylic oxidation sites excluding steroid dienone is 2. The monoisotopic (exact) mass is 728 g/mol. The quantitative estimate of drug-likeness (QED) is 0.108. The van der Waals surface area contributed by atoms with Crippen LogP contribution in [-0.2, 0) is 17.9 Å². The van der Waals surface area contributed by atoms with Gasteiger partial charge in [0.05, 0.1) is 44.2 Å². The van der Waals surface area contributed by atoms with Gasteiger partial charge in [-0.25, -0.2) is 9.98 Å². The first-order valence-corrected chi connectivity index (χ1v) is 17.6. The molecular weight excluding hydrogens is 697 g/mol. The van der Waals surface area contributed by atoms with E-state index in [4.69, 9.17) is 9.98 Å². The molecule has 1 unspecified atom stereocenters. The predicted molar refractivity (Wildman–Crippen MR) is 209 cm³/mol. The largest absolute Gasteiger partial charge is 0.322 e. The van der Waals surface area contributed by atoms with Crippen molar-refractivity contribution in [1.29, 1.82) is 0 Å². The van der Waals surface area contributed by atoms with Gasteiger partial charge < -0.3 is 9.47 Å². The Labute approximate surface area is 314 Å². The Hall–Kier alpha value is -7.34. The molecule has 12 heteroatoms. The number of nitro groups is 2. The van der Waals surface area contributed by atoms with E-state index in [1.807, 2.05) is 85.8 Å². The standard InChI is InChI=1S/C43H32N6O6/c1-43-23-22-32(25-38(43)45-39(30-16-19-33(20-17-30)48(52)53)42(51)47(43)27-29-12-6-3-7-13-29)31-18-21-36(49(54)55)34(24-31)40-41(50)46(26-28-10-4-2-5-11-28)37-15-9-8-14-35(37)44-40/h2-22,24-25H,23,26-27H2,1H3. The Bertz CT molecular complexity index is 2690. The minimum absolute atomic E-state index is 0.0483. The Morgan fingerprint density at radius 2 is 1.38 bits per heavy atom. The van der Waals surface area contributed by atoms with Crippen molar-refractivity contribution in [2.24, 2.45) is 4.99 Å². The Morgan fingerprint density at radius 1 is 0.745 bits per heavy atom. The molecular formula is C43H32N6O6. The van der Waals surface area contributed by atoms with Crippen LogP contribution in [0.4, 0.5) is 11.4 Å². The van der Waals surface area contributed by atoms with Crippen LogP contribution in [0.25, 0.3) is 27.9 Å².